The predicted octanol–water partition coefficient (Wildman–Crippen LogP) is 2.25. The van der Waals surface area contributed by atoms with Crippen LogP contribution in [-0.4, -0.2) is 16.2 Å². The van der Waals surface area contributed by atoms with Crippen LogP contribution >= 0.6 is 15.9 Å². The van der Waals surface area contributed by atoms with Gasteiger partial charge in [-0.3, -0.25) is 0 Å². The zero-order chi connectivity index (χ0) is 9.84. The first-order valence-corrected chi connectivity index (χ1v) is 4.28. The third-order valence-corrected chi connectivity index (χ3v) is 2.03. The molecule has 0 aliphatic heterocycles. The van der Waals surface area contributed by atoms with Gasteiger partial charge in [0.2, 0.25) is 0 Å². The summed E-state index contributed by atoms with van der Waals surface area (Å²) in [7, 11) is 0. The zero-order valence-electron chi connectivity index (χ0n) is 6.57. The standard InChI is InChI=1S/C9H7BrO3/c10-7-5-6(1-3-8(7)11)2-4-9(12)13/h1-5,11H,(H,12,13)/b4-2-. The first-order valence-electron chi connectivity index (χ1n) is 3.49. The van der Waals surface area contributed by atoms with Crippen LogP contribution in [0.4, 0.5) is 0 Å². The van der Waals surface area contributed by atoms with Gasteiger partial charge in [-0.15, -0.1) is 0 Å². The van der Waals surface area contributed by atoms with Gasteiger partial charge < -0.3 is 10.2 Å². The summed E-state index contributed by atoms with van der Waals surface area (Å²) in [4.78, 5) is 10.2. The van der Waals surface area contributed by atoms with Crippen LogP contribution in [0.15, 0.2) is 28.7 Å². The largest absolute Gasteiger partial charge is 0.507 e. The van der Waals surface area contributed by atoms with Crippen molar-refractivity contribution in [3.8, 4) is 5.75 Å². The summed E-state index contributed by atoms with van der Waals surface area (Å²) in [5, 5.41) is 17.5. The Bertz CT molecular complexity index is 358. The lowest BCUT2D eigenvalue weighted by atomic mass is 10.2. The van der Waals surface area contributed by atoms with Crippen LogP contribution in [0.25, 0.3) is 6.08 Å². The van der Waals surface area contributed by atoms with E-state index < -0.39 is 5.97 Å². The van der Waals surface area contributed by atoms with Gasteiger partial charge >= 0.3 is 5.97 Å². The number of hydrogen-bond acceptors (Lipinski definition) is 2. The number of carboxylic acids is 1. The van der Waals surface area contributed by atoms with E-state index in [-0.39, 0.29) is 5.75 Å². The molecule has 1 aromatic carbocycles. The van der Waals surface area contributed by atoms with Crippen LogP contribution in [0.1, 0.15) is 5.56 Å². The number of rotatable bonds is 2. The number of benzene rings is 1. The summed E-state index contributed by atoms with van der Waals surface area (Å²) in [6.07, 6.45) is 2.49. The van der Waals surface area contributed by atoms with Gasteiger partial charge in [-0.2, -0.15) is 0 Å². The first-order chi connectivity index (χ1) is 6.09. The topological polar surface area (TPSA) is 57.5 Å². The molecule has 0 amide bonds. The van der Waals surface area contributed by atoms with E-state index in [4.69, 9.17) is 10.2 Å². The lowest BCUT2D eigenvalue weighted by Gasteiger charge is -1.97. The summed E-state index contributed by atoms with van der Waals surface area (Å²) < 4.78 is 0.542. The molecule has 0 fully saturated rings. The summed E-state index contributed by atoms with van der Waals surface area (Å²) in [5.41, 5.74) is 0.715. The van der Waals surface area contributed by atoms with E-state index in [9.17, 15) is 4.79 Å². The van der Waals surface area contributed by atoms with Gasteiger partial charge in [0.05, 0.1) is 4.47 Å². The molecule has 0 unspecified atom stereocenters. The summed E-state index contributed by atoms with van der Waals surface area (Å²) in [6.45, 7) is 0. The van der Waals surface area contributed by atoms with E-state index in [1.165, 1.54) is 12.1 Å². The van der Waals surface area contributed by atoms with E-state index in [1.807, 2.05) is 0 Å². The summed E-state index contributed by atoms with van der Waals surface area (Å²) in [6, 6.07) is 4.75. The van der Waals surface area contributed by atoms with Gasteiger partial charge in [-0.1, -0.05) is 6.07 Å². The maximum atomic E-state index is 10.2. The lowest BCUT2D eigenvalue weighted by Crippen LogP contribution is -1.85. The minimum atomic E-state index is -0.996. The Hall–Kier alpha value is -1.29. The van der Waals surface area contributed by atoms with E-state index >= 15 is 0 Å². The number of carboxylic acid groups (broad SMARTS) is 1. The van der Waals surface area contributed by atoms with E-state index in [0.29, 0.717) is 10.0 Å². The second kappa shape index (κ2) is 4.09. The number of halogens is 1. The number of phenolic OH excluding ortho intramolecular Hbond substituents is 1. The number of phenols is 1. The molecule has 4 heteroatoms. The average Bonchev–Trinajstić information content (AvgIpc) is 2.07. The predicted molar refractivity (Wildman–Crippen MR) is 52.5 cm³/mol. The molecule has 0 aromatic heterocycles. The highest BCUT2D eigenvalue weighted by molar-refractivity contribution is 9.10. The molecule has 0 aliphatic carbocycles. The molecule has 1 rings (SSSR count). The lowest BCUT2D eigenvalue weighted by molar-refractivity contribution is -0.131. The number of aliphatic carboxylic acids is 1. The van der Waals surface area contributed by atoms with E-state index in [0.717, 1.165) is 6.08 Å². The first kappa shape index (κ1) is 9.80. The molecule has 0 saturated heterocycles. The molecule has 0 atom stereocenters. The van der Waals surface area contributed by atoms with Crippen molar-refractivity contribution < 1.29 is 15.0 Å². The summed E-state index contributed by atoms with van der Waals surface area (Å²) >= 11 is 3.12. The monoisotopic (exact) mass is 242 g/mol. The second-order valence-electron chi connectivity index (χ2n) is 2.38. The minimum Gasteiger partial charge on any atom is -0.507 e. The van der Waals surface area contributed by atoms with E-state index in [1.54, 1.807) is 12.1 Å². The normalized spacial score (nSPS) is 10.5. The quantitative estimate of drug-likeness (QED) is 0.783. The molecular weight excluding hydrogens is 236 g/mol. The van der Waals surface area contributed by atoms with Gasteiger partial charge in [-0.05, 0) is 39.7 Å². The van der Waals surface area contributed by atoms with Gasteiger partial charge in [-0.25, -0.2) is 4.79 Å². The SMILES string of the molecule is O=C(O)/C=C\c1ccc(O)c(Br)c1. The number of hydrogen-bond donors (Lipinski definition) is 2. The number of carbonyl (C=O) groups is 1. The van der Waals surface area contributed by atoms with E-state index in [2.05, 4.69) is 15.9 Å². The Labute approximate surface area is 83.5 Å². The van der Waals surface area contributed by atoms with Gasteiger partial charge in [0.15, 0.2) is 0 Å². The van der Waals surface area contributed by atoms with Crippen molar-refractivity contribution in [2.24, 2.45) is 0 Å². The third kappa shape index (κ3) is 2.91. The Kier molecular flexibility index (Phi) is 3.08. The van der Waals surface area contributed by atoms with Crippen LogP contribution in [-0.2, 0) is 4.79 Å². The fraction of sp³-hybridized carbons (Fsp3) is 0. The van der Waals surface area contributed by atoms with Crippen molar-refractivity contribution in [2.45, 2.75) is 0 Å². The Morgan fingerprint density at radius 3 is 2.69 bits per heavy atom. The van der Waals surface area contributed by atoms with Gasteiger partial charge in [0.1, 0.15) is 5.75 Å². The molecule has 0 spiro atoms. The Balaban J connectivity index is 2.92. The molecule has 0 saturated carbocycles. The molecule has 0 radical (unpaired) electrons. The molecule has 2 N–H and O–H groups in total. The van der Waals surface area contributed by atoms with Crippen molar-refractivity contribution in [3.63, 3.8) is 0 Å². The highest BCUT2D eigenvalue weighted by Gasteiger charge is 1.96. The second-order valence-corrected chi connectivity index (χ2v) is 3.24. The minimum absolute atomic E-state index is 0.132. The Morgan fingerprint density at radius 1 is 1.46 bits per heavy atom. The zero-order valence-corrected chi connectivity index (χ0v) is 8.15. The van der Waals surface area contributed by atoms with Crippen LogP contribution in [0.2, 0.25) is 0 Å². The number of aromatic hydroxyl groups is 1. The molecule has 3 nitrogen and oxygen atoms in total. The highest BCUT2D eigenvalue weighted by Crippen LogP contribution is 2.24. The van der Waals surface area contributed by atoms with Gasteiger partial charge in [0.25, 0.3) is 0 Å². The highest BCUT2D eigenvalue weighted by atomic mass is 79.9. The molecule has 68 valence electrons. The molecular formula is C9H7BrO3. The van der Waals surface area contributed by atoms with Crippen molar-refractivity contribution in [2.75, 3.05) is 0 Å². The van der Waals surface area contributed by atoms with Crippen LogP contribution in [0.3, 0.4) is 0 Å². The fourth-order valence-corrected chi connectivity index (χ4v) is 1.19. The van der Waals surface area contributed by atoms with Crippen molar-refractivity contribution in [1.29, 1.82) is 0 Å². The van der Waals surface area contributed by atoms with Crippen LogP contribution < -0.4 is 0 Å². The molecule has 0 aliphatic rings. The molecule has 13 heavy (non-hydrogen) atoms. The average molecular weight is 243 g/mol. The summed E-state index contributed by atoms with van der Waals surface area (Å²) in [5.74, 6) is -0.864. The maximum absolute atomic E-state index is 10.2. The Morgan fingerprint density at radius 2 is 2.15 bits per heavy atom. The van der Waals surface area contributed by atoms with Crippen LogP contribution in [0.5, 0.6) is 5.75 Å². The van der Waals surface area contributed by atoms with Crippen molar-refractivity contribution in [3.05, 3.63) is 34.3 Å². The fourth-order valence-electron chi connectivity index (χ4n) is 0.794. The van der Waals surface area contributed by atoms with Gasteiger partial charge in [0, 0.05) is 6.08 Å². The maximum Gasteiger partial charge on any atom is 0.328 e. The van der Waals surface area contributed by atoms with Crippen LogP contribution in [0, 0.1) is 0 Å². The van der Waals surface area contributed by atoms with Crippen molar-refractivity contribution in [1.82, 2.24) is 0 Å². The third-order valence-electron chi connectivity index (χ3n) is 1.39. The smallest absolute Gasteiger partial charge is 0.328 e. The molecule has 0 heterocycles. The molecule has 1 aromatic rings. The molecule has 0 bridgehead atoms. The van der Waals surface area contributed by atoms with Crippen molar-refractivity contribution >= 4 is 28.0 Å².